The van der Waals surface area contributed by atoms with Gasteiger partial charge < -0.3 is 20.1 Å². The van der Waals surface area contributed by atoms with E-state index in [1.807, 2.05) is 30.5 Å². The second-order valence-corrected chi connectivity index (χ2v) is 8.01. The number of para-hydroxylation sites is 1. The lowest BCUT2D eigenvalue weighted by atomic mass is 10.1. The molecule has 0 amide bonds. The average Bonchev–Trinajstić information content (AvgIpc) is 3.19. The minimum atomic E-state index is -0.0462. The predicted molar refractivity (Wildman–Crippen MR) is 116 cm³/mol. The fraction of sp³-hybridized carbons (Fsp3) is 0.500. The number of methoxy groups -OCH3 is 1. The van der Waals surface area contributed by atoms with Gasteiger partial charge in [-0.2, -0.15) is 19.6 Å². The lowest BCUT2D eigenvalue weighted by Gasteiger charge is -2.23. The second-order valence-electron chi connectivity index (χ2n) is 8.01. The first-order chi connectivity index (χ1) is 14.6. The number of anilines is 1. The third kappa shape index (κ3) is 4.18. The van der Waals surface area contributed by atoms with Crippen LogP contribution >= 0.6 is 0 Å². The second kappa shape index (κ2) is 8.87. The Hall–Kier alpha value is -2.87. The summed E-state index contributed by atoms with van der Waals surface area (Å²) in [6, 6.07) is 8.30. The molecule has 1 aromatic carbocycles. The molecule has 1 fully saturated rings. The molecule has 3 heterocycles. The molecule has 2 aromatic heterocycles. The molecule has 1 aliphatic rings. The first-order valence-corrected chi connectivity index (χ1v) is 10.6. The summed E-state index contributed by atoms with van der Waals surface area (Å²) in [4.78, 5) is 9.38. The summed E-state index contributed by atoms with van der Waals surface area (Å²) < 4.78 is 13.4. The number of aromatic nitrogens is 4. The maximum atomic E-state index is 6.15. The molecule has 2 atom stereocenters. The van der Waals surface area contributed by atoms with E-state index in [1.165, 1.54) is 0 Å². The molecule has 1 saturated heterocycles. The number of ether oxygens (including phenoxy) is 2. The topological polar surface area (TPSA) is 85.6 Å². The van der Waals surface area contributed by atoms with Crippen molar-refractivity contribution in [3.05, 3.63) is 41.6 Å². The highest BCUT2D eigenvalue weighted by Gasteiger charge is 2.21. The van der Waals surface area contributed by atoms with Gasteiger partial charge >= 0.3 is 6.01 Å². The van der Waals surface area contributed by atoms with Crippen LogP contribution < -0.4 is 20.1 Å². The Morgan fingerprint density at radius 2 is 2.00 bits per heavy atom. The lowest BCUT2D eigenvalue weighted by molar-refractivity contribution is 0.153. The van der Waals surface area contributed by atoms with E-state index in [2.05, 4.69) is 41.5 Å². The zero-order valence-corrected chi connectivity index (χ0v) is 18.1. The number of hydrogen-bond acceptors (Lipinski definition) is 7. The van der Waals surface area contributed by atoms with Crippen molar-refractivity contribution in [1.29, 1.82) is 0 Å². The molecular weight excluding hydrogens is 380 g/mol. The summed E-state index contributed by atoms with van der Waals surface area (Å²) in [5.41, 5.74) is 2.88. The quantitative estimate of drug-likeness (QED) is 0.616. The molecule has 3 aromatic rings. The van der Waals surface area contributed by atoms with Gasteiger partial charge in [-0.3, -0.25) is 0 Å². The maximum absolute atomic E-state index is 6.15. The first-order valence-electron chi connectivity index (χ1n) is 10.6. The number of fused-ring (bicyclic) bond motifs is 1. The Balaban J connectivity index is 1.69. The van der Waals surface area contributed by atoms with Crippen LogP contribution in [-0.2, 0) is 0 Å². The third-order valence-corrected chi connectivity index (χ3v) is 5.47. The van der Waals surface area contributed by atoms with Gasteiger partial charge in [-0.05, 0) is 38.3 Å². The summed E-state index contributed by atoms with van der Waals surface area (Å²) in [6.45, 7) is 8.18. The fourth-order valence-electron chi connectivity index (χ4n) is 3.79. The van der Waals surface area contributed by atoms with Crippen molar-refractivity contribution >= 4 is 11.6 Å². The van der Waals surface area contributed by atoms with Crippen molar-refractivity contribution in [3.8, 4) is 11.8 Å². The van der Waals surface area contributed by atoms with Gasteiger partial charge in [-0.15, -0.1) is 0 Å². The van der Waals surface area contributed by atoms with E-state index in [0.717, 1.165) is 48.5 Å². The van der Waals surface area contributed by atoms with Gasteiger partial charge in [0.25, 0.3) is 0 Å². The van der Waals surface area contributed by atoms with Crippen LogP contribution in [0.25, 0.3) is 5.65 Å². The minimum Gasteiger partial charge on any atom is -0.496 e. The molecule has 4 rings (SSSR count). The zero-order valence-electron chi connectivity index (χ0n) is 18.1. The van der Waals surface area contributed by atoms with Crippen LogP contribution in [0.4, 0.5) is 5.95 Å². The first kappa shape index (κ1) is 20.4. The third-order valence-electron chi connectivity index (χ3n) is 5.47. The Labute approximate surface area is 177 Å². The number of nitrogens with zero attached hydrogens (tertiary/aromatic N) is 4. The highest BCUT2D eigenvalue weighted by molar-refractivity contribution is 5.53. The monoisotopic (exact) mass is 410 g/mol. The van der Waals surface area contributed by atoms with Crippen molar-refractivity contribution in [2.45, 2.75) is 51.7 Å². The van der Waals surface area contributed by atoms with Crippen molar-refractivity contribution in [3.63, 3.8) is 0 Å². The van der Waals surface area contributed by atoms with Gasteiger partial charge in [0.2, 0.25) is 5.95 Å². The fourth-order valence-corrected chi connectivity index (χ4v) is 3.79. The Kier molecular flexibility index (Phi) is 6.03. The largest absolute Gasteiger partial charge is 0.496 e. The number of piperidine rings is 1. The zero-order chi connectivity index (χ0) is 21.1. The van der Waals surface area contributed by atoms with E-state index in [4.69, 9.17) is 14.5 Å². The van der Waals surface area contributed by atoms with Crippen molar-refractivity contribution in [2.75, 3.05) is 25.5 Å². The number of benzene rings is 1. The van der Waals surface area contributed by atoms with Crippen molar-refractivity contribution in [1.82, 2.24) is 24.9 Å². The lowest BCUT2D eigenvalue weighted by Crippen LogP contribution is -2.37. The van der Waals surface area contributed by atoms with Crippen LogP contribution in [0.2, 0.25) is 0 Å². The van der Waals surface area contributed by atoms with E-state index >= 15 is 0 Å². The summed E-state index contributed by atoms with van der Waals surface area (Å²) >= 11 is 0. The van der Waals surface area contributed by atoms with E-state index in [-0.39, 0.29) is 12.1 Å². The van der Waals surface area contributed by atoms with E-state index in [1.54, 1.807) is 11.6 Å². The van der Waals surface area contributed by atoms with E-state index in [0.29, 0.717) is 17.9 Å². The molecule has 0 aliphatic carbocycles. The Morgan fingerprint density at radius 3 is 2.73 bits per heavy atom. The summed E-state index contributed by atoms with van der Waals surface area (Å²) in [5, 5.41) is 11.4. The van der Waals surface area contributed by atoms with E-state index < -0.39 is 0 Å². The summed E-state index contributed by atoms with van der Waals surface area (Å²) in [7, 11) is 1.68. The van der Waals surface area contributed by atoms with Gasteiger partial charge in [-0.1, -0.05) is 32.0 Å². The van der Waals surface area contributed by atoms with Crippen molar-refractivity contribution in [2.24, 2.45) is 0 Å². The summed E-state index contributed by atoms with van der Waals surface area (Å²) in [6.07, 6.45) is 4.02. The Morgan fingerprint density at radius 1 is 1.17 bits per heavy atom. The number of nitrogens with one attached hydrogen (secondary N) is 2. The molecule has 8 heteroatoms. The molecule has 30 heavy (non-hydrogen) atoms. The maximum Gasteiger partial charge on any atom is 0.322 e. The SMILES string of the molecule is COc1ccccc1[C@H](C)Nc1nc(O[C@@H]2CCCNC2)nc2c(C(C)C)cnn12. The number of rotatable bonds is 7. The normalized spacial score (nSPS) is 17.8. The standard InChI is InChI=1S/C22H30N6O2/c1-14(2)18-13-24-28-20(18)26-22(30-16-8-7-11-23-12-16)27-21(28)25-15(3)17-9-5-6-10-19(17)29-4/h5-6,9-10,13-16,23H,7-8,11-12H2,1-4H3,(H,25,26,27)/t15-,16+/m0/s1. The van der Waals surface area contributed by atoms with Crippen LogP contribution in [0.1, 0.15) is 56.7 Å². The number of hydrogen-bond donors (Lipinski definition) is 2. The van der Waals surface area contributed by atoms with Gasteiger partial charge in [-0.25, -0.2) is 0 Å². The minimum absolute atomic E-state index is 0.0462. The van der Waals surface area contributed by atoms with Crippen LogP contribution in [0.15, 0.2) is 30.5 Å². The molecule has 0 bridgehead atoms. The molecule has 1 aliphatic heterocycles. The summed E-state index contributed by atoms with van der Waals surface area (Å²) in [5.74, 6) is 1.72. The molecular formula is C22H30N6O2. The van der Waals surface area contributed by atoms with Crippen LogP contribution in [0.5, 0.6) is 11.8 Å². The van der Waals surface area contributed by atoms with Crippen LogP contribution in [-0.4, -0.2) is 45.9 Å². The Bertz CT molecular complexity index is 996. The molecule has 0 saturated carbocycles. The molecule has 0 radical (unpaired) electrons. The molecule has 2 N–H and O–H groups in total. The highest BCUT2D eigenvalue weighted by Crippen LogP contribution is 2.29. The molecule has 0 unspecified atom stereocenters. The highest BCUT2D eigenvalue weighted by atomic mass is 16.5. The smallest absolute Gasteiger partial charge is 0.322 e. The van der Waals surface area contributed by atoms with Gasteiger partial charge in [0.15, 0.2) is 5.65 Å². The van der Waals surface area contributed by atoms with Crippen LogP contribution in [0, 0.1) is 0 Å². The van der Waals surface area contributed by atoms with Crippen LogP contribution in [0.3, 0.4) is 0 Å². The molecule has 8 nitrogen and oxygen atoms in total. The van der Waals surface area contributed by atoms with E-state index in [9.17, 15) is 0 Å². The molecule has 0 spiro atoms. The van der Waals surface area contributed by atoms with Gasteiger partial charge in [0.1, 0.15) is 11.9 Å². The van der Waals surface area contributed by atoms with Crippen molar-refractivity contribution < 1.29 is 9.47 Å². The van der Waals surface area contributed by atoms with Gasteiger partial charge in [0, 0.05) is 17.7 Å². The predicted octanol–water partition coefficient (Wildman–Crippen LogP) is 3.56. The van der Waals surface area contributed by atoms with Gasteiger partial charge in [0.05, 0.1) is 19.3 Å². The molecule has 160 valence electrons. The average molecular weight is 411 g/mol.